The van der Waals surface area contributed by atoms with E-state index in [0.29, 0.717) is 5.56 Å². The van der Waals surface area contributed by atoms with Crippen LogP contribution in [0.2, 0.25) is 0 Å². The van der Waals surface area contributed by atoms with Gasteiger partial charge in [-0.1, -0.05) is 30.3 Å². The maximum atomic E-state index is 13.0. The van der Waals surface area contributed by atoms with E-state index in [1.807, 2.05) is 47.8 Å². The SMILES string of the molecule is COc1cc(C(=O)c2csc3ccccc23)ccc1CN1CCOCC1. The molecule has 1 aliphatic heterocycles. The predicted molar refractivity (Wildman–Crippen MR) is 104 cm³/mol. The quantitative estimate of drug-likeness (QED) is 0.640. The topological polar surface area (TPSA) is 38.8 Å². The highest BCUT2D eigenvalue weighted by atomic mass is 32.1. The van der Waals surface area contributed by atoms with Crippen LogP contribution < -0.4 is 4.74 Å². The smallest absolute Gasteiger partial charge is 0.194 e. The van der Waals surface area contributed by atoms with E-state index in [9.17, 15) is 4.79 Å². The van der Waals surface area contributed by atoms with Gasteiger partial charge in [0.05, 0.1) is 20.3 Å². The van der Waals surface area contributed by atoms with Crippen LogP contribution in [0.5, 0.6) is 5.75 Å². The monoisotopic (exact) mass is 367 g/mol. The van der Waals surface area contributed by atoms with Crippen molar-refractivity contribution in [3.05, 3.63) is 64.5 Å². The molecule has 4 nitrogen and oxygen atoms in total. The molecule has 5 heteroatoms. The summed E-state index contributed by atoms with van der Waals surface area (Å²) in [4.78, 5) is 15.4. The number of morpholine rings is 1. The molecule has 0 bridgehead atoms. The minimum absolute atomic E-state index is 0.0404. The minimum atomic E-state index is 0.0404. The number of benzene rings is 2. The van der Waals surface area contributed by atoms with Gasteiger partial charge in [-0.05, 0) is 12.1 Å². The molecule has 0 N–H and O–H groups in total. The highest BCUT2D eigenvalue weighted by Crippen LogP contribution is 2.29. The molecule has 0 saturated carbocycles. The predicted octanol–water partition coefficient (Wildman–Crippen LogP) is 3.97. The van der Waals surface area contributed by atoms with Gasteiger partial charge in [-0.3, -0.25) is 9.69 Å². The summed E-state index contributed by atoms with van der Waals surface area (Å²) in [5.74, 6) is 0.806. The molecule has 0 spiro atoms. The summed E-state index contributed by atoms with van der Waals surface area (Å²) in [5, 5.41) is 2.96. The molecule has 0 radical (unpaired) electrons. The minimum Gasteiger partial charge on any atom is -0.496 e. The first-order chi connectivity index (χ1) is 12.8. The van der Waals surface area contributed by atoms with Gasteiger partial charge >= 0.3 is 0 Å². The Morgan fingerprint density at radius 3 is 2.81 bits per heavy atom. The first-order valence-corrected chi connectivity index (χ1v) is 9.62. The maximum absolute atomic E-state index is 13.0. The van der Waals surface area contributed by atoms with Crippen molar-refractivity contribution in [3.63, 3.8) is 0 Å². The number of nitrogens with zero attached hydrogens (tertiary/aromatic N) is 1. The molecule has 4 rings (SSSR count). The fourth-order valence-corrected chi connectivity index (χ4v) is 4.27. The van der Waals surface area contributed by atoms with Crippen LogP contribution in [0, 0.1) is 0 Å². The summed E-state index contributed by atoms with van der Waals surface area (Å²) in [6.45, 7) is 4.19. The Balaban J connectivity index is 1.61. The van der Waals surface area contributed by atoms with Crippen LogP contribution in [0.4, 0.5) is 0 Å². The van der Waals surface area contributed by atoms with Crippen molar-refractivity contribution < 1.29 is 14.3 Å². The number of rotatable bonds is 5. The third-order valence-electron chi connectivity index (χ3n) is 4.77. The number of hydrogen-bond acceptors (Lipinski definition) is 5. The van der Waals surface area contributed by atoms with Crippen LogP contribution in [-0.4, -0.2) is 44.1 Å². The Labute approximate surface area is 157 Å². The van der Waals surface area contributed by atoms with E-state index < -0.39 is 0 Å². The normalized spacial score (nSPS) is 15.3. The number of hydrogen-bond donors (Lipinski definition) is 0. The summed E-state index contributed by atoms with van der Waals surface area (Å²) in [6, 6.07) is 13.8. The van der Waals surface area contributed by atoms with Crippen molar-refractivity contribution in [2.45, 2.75) is 6.54 Å². The number of thiophene rings is 1. The second-order valence-electron chi connectivity index (χ2n) is 6.39. The van der Waals surface area contributed by atoms with E-state index in [-0.39, 0.29) is 5.78 Å². The lowest BCUT2D eigenvalue weighted by Crippen LogP contribution is -2.35. The Hall–Kier alpha value is -2.21. The number of ketones is 1. The lowest BCUT2D eigenvalue weighted by Gasteiger charge is -2.27. The van der Waals surface area contributed by atoms with Gasteiger partial charge < -0.3 is 9.47 Å². The van der Waals surface area contributed by atoms with E-state index in [1.54, 1.807) is 18.4 Å². The molecule has 3 aromatic rings. The second-order valence-corrected chi connectivity index (χ2v) is 7.30. The van der Waals surface area contributed by atoms with Crippen LogP contribution in [-0.2, 0) is 11.3 Å². The molecule has 2 aromatic carbocycles. The highest BCUT2D eigenvalue weighted by Gasteiger charge is 2.18. The van der Waals surface area contributed by atoms with Gasteiger partial charge in [-0.25, -0.2) is 0 Å². The highest BCUT2D eigenvalue weighted by molar-refractivity contribution is 7.17. The van der Waals surface area contributed by atoms with E-state index in [4.69, 9.17) is 9.47 Å². The third-order valence-corrected chi connectivity index (χ3v) is 5.74. The largest absolute Gasteiger partial charge is 0.496 e. The zero-order valence-electron chi connectivity index (χ0n) is 14.7. The van der Waals surface area contributed by atoms with Crippen LogP contribution in [0.1, 0.15) is 21.5 Å². The van der Waals surface area contributed by atoms with Crippen molar-refractivity contribution in [2.24, 2.45) is 0 Å². The average Bonchev–Trinajstić information content (AvgIpc) is 3.12. The Morgan fingerprint density at radius 1 is 1.19 bits per heavy atom. The van der Waals surface area contributed by atoms with Crippen molar-refractivity contribution in [3.8, 4) is 5.75 Å². The summed E-state index contributed by atoms with van der Waals surface area (Å²) >= 11 is 1.60. The van der Waals surface area contributed by atoms with Gasteiger partial charge in [0.15, 0.2) is 5.78 Å². The van der Waals surface area contributed by atoms with Crippen LogP contribution >= 0.6 is 11.3 Å². The summed E-state index contributed by atoms with van der Waals surface area (Å²) in [5.41, 5.74) is 2.52. The van der Waals surface area contributed by atoms with Gasteiger partial charge in [-0.2, -0.15) is 0 Å². The number of fused-ring (bicyclic) bond motifs is 1. The first-order valence-electron chi connectivity index (χ1n) is 8.74. The van der Waals surface area contributed by atoms with Crippen molar-refractivity contribution in [2.75, 3.05) is 33.4 Å². The zero-order chi connectivity index (χ0) is 17.9. The summed E-state index contributed by atoms with van der Waals surface area (Å²) in [7, 11) is 1.66. The molecule has 0 atom stereocenters. The Bertz CT molecular complexity index is 928. The summed E-state index contributed by atoms with van der Waals surface area (Å²) < 4.78 is 12.1. The molecule has 134 valence electrons. The molecule has 1 aliphatic rings. The van der Waals surface area contributed by atoms with Crippen LogP contribution in [0.15, 0.2) is 47.8 Å². The van der Waals surface area contributed by atoms with E-state index in [1.165, 1.54) is 0 Å². The molecule has 0 aliphatic carbocycles. The van der Waals surface area contributed by atoms with Gasteiger partial charge in [-0.15, -0.1) is 11.3 Å². The van der Waals surface area contributed by atoms with Crippen LogP contribution in [0.25, 0.3) is 10.1 Å². The lowest BCUT2D eigenvalue weighted by atomic mass is 10.0. The third kappa shape index (κ3) is 3.38. The standard InChI is InChI=1S/C21H21NO3S/c1-24-19-12-15(6-7-16(19)13-22-8-10-25-11-9-22)21(23)18-14-26-20-5-3-2-4-17(18)20/h2-7,12,14H,8-11,13H2,1H3. The first kappa shape index (κ1) is 17.2. The van der Waals surface area contributed by atoms with Crippen LogP contribution in [0.3, 0.4) is 0 Å². The van der Waals surface area contributed by atoms with E-state index in [0.717, 1.165) is 59.8 Å². The fraction of sp³-hybridized carbons (Fsp3) is 0.286. The molecule has 0 unspecified atom stereocenters. The zero-order valence-corrected chi connectivity index (χ0v) is 15.6. The molecule has 0 amide bonds. The van der Waals surface area contributed by atoms with E-state index in [2.05, 4.69) is 4.90 Å². The van der Waals surface area contributed by atoms with Gasteiger partial charge in [0, 0.05) is 51.8 Å². The number of ether oxygens (including phenoxy) is 2. The fourth-order valence-electron chi connectivity index (χ4n) is 3.33. The van der Waals surface area contributed by atoms with Gasteiger partial charge in [0.2, 0.25) is 0 Å². The molecule has 2 heterocycles. The Kier molecular flexibility index (Phi) is 5.02. The molecule has 1 fully saturated rings. The van der Waals surface area contributed by atoms with E-state index >= 15 is 0 Å². The summed E-state index contributed by atoms with van der Waals surface area (Å²) in [6.07, 6.45) is 0. The lowest BCUT2D eigenvalue weighted by molar-refractivity contribution is 0.0339. The average molecular weight is 367 g/mol. The van der Waals surface area contributed by atoms with Crippen molar-refractivity contribution >= 4 is 27.2 Å². The van der Waals surface area contributed by atoms with Crippen molar-refractivity contribution in [1.29, 1.82) is 0 Å². The molecule has 1 saturated heterocycles. The van der Waals surface area contributed by atoms with Gasteiger partial charge in [0.1, 0.15) is 5.75 Å². The maximum Gasteiger partial charge on any atom is 0.194 e. The molecular weight excluding hydrogens is 346 g/mol. The van der Waals surface area contributed by atoms with Crippen molar-refractivity contribution in [1.82, 2.24) is 4.90 Å². The number of carbonyl (C=O) groups excluding carboxylic acids is 1. The molecular formula is C21H21NO3S. The number of methoxy groups -OCH3 is 1. The van der Waals surface area contributed by atoms with Gasteiger partial charge in [0.25, 0.3) is 0 Å². The number of carbonyl (C=O) groups is 1. The molecule has 26 heavy (non-hydrogen) atoms. The molecule has 1 aromatic heterocycles. The second kappa shape index (κ2) is 7.58. The Morgan fingerprint density at radius 2 is 2.00 bits per heavy atom.